The molecule has 0 radical (unpaired) electrons. The molecule has 0 aliphatic carbocycles. The van der Waals surface area contributed by atoms with Crippen LogP contribution in [0.1, 0.15) is 33.6 Å². The van der Waals surface area contributed by atoms with Gasteiger partial charge in [-0.15, -0.1) is 11.6 Å². The molecule has 0 nitrogen and oxygen atoms in total. The third-order valence-corrected chi connectivity index (χ3v) is 1.49. The summed E-state index contributed by atoms with van der Waals surface area (Å²) in [5, 5.41) is 0. The normalized spacial score (nSPS) is 12.8. The molecule has 60 valence electrons. The molecule has 10 heavy (non-hydrogen) atoms. The maximum Gasteiger partial charge on any atom is 0.0404 e. The SMILES string of the molecule is CC(C)(C)CC/C=C\CCl. The van der Waals surface area contributed by atoms with Crippen molar-refractivity contribution in [2.45, 2.75) is 33.6 Å². The summed E-state index contributed by atoms with van der Waals surface area (Å²) in [7, 11) is 0. The first-order valence-corrected chi connectivity index (χ1v) is 4.31. The minimum atomic E-state index is 0.455. The average Bonchev–Trinajstić information content (AvgIpc) is 1.78. The molecule has 0 saturated carbocycles. The smallest absolute Gasteiger partial charge is 0.0404 e. The number of hydrogen-bond donors (Lipinski definition) is 0. The summed E-state index contributed by atoms with van der Waals surface area (Å²) in [5.41, 5.74) is 0.455. The Morgan fingerprint density at radius 3 is 2.20 bits per heavy atom. The van der Waals surface area contributed by atoms with E-state index in [0.717, 1.165) is 6.42 Å². The molecule has 0 heterocycles. The van der Waals surface area contributed by atoms with E-state index in [1.807, 2.05) is 6.08 Å². The molecule has 0 saturated heterocycles. The lowest BCUT2D eigenvalue weighted by Gasteiger charge is -2.15. The van der Waals surface area contributed by atoms with E-state index in [1.165, 1.54) is 6.42 Å². The Balaban J connectivity index is 3.28. The zero-order valence-electron chi connectivity index (χ0n) is 7.15. The molecule has 0 aliphatic rings. The average molecular weight is 161 g/mol. The second-order valence-electron chi connectivity index (χ2n) is 3.73. The minimum absolute atomic E-state index is 0.455. The van der Waals surface area contributed by atoms with Crippen molar-refractivity contribution in [3.63, 3.8) is 0 Å². The van der Waals surface area contributed by atoms with Crippen LogP contribution >= 0.6 is 11.6 Å². The van der Waals surface area contributed by atoms with Gasteiger partial charge in [0.25, 0.3) is 0 Å². The molecule has 0 aromatic carbocycles. The number of hydrogen-bond acceptors (Lipinski definition) is 0. The van der Waals surface area contributed by atoms with Crippen LogP contribution in [0.15, 0.2) is 12.2 Å². The van der Waals surface area contributed by atoms with Crippen molar-refractivity contribution in [2.75, 3.05) is 5.88 Å². The Morgan fingerprint density at radius 1 is 1.20 bits per heavy atom. The van der Waals surface area contributed by atoms with E-state index in [0.29, 0.717) is 11.3 Å². The lowest BCUT2D eigenvalue weighted by molar-refractivity contribution is 0.381. The first kappa shape index (κ1) is 10.0. The lowest BCUT2D eigenvalue weighted by Crippen LogP contribution is -2.02. The maximum atomic E-state index is 5.46. The van der Waals surface area contributed by atoms with Gasteiger partial charge in [0.2, 0.25) is 0 Å². The van der Waals surface area contributed by atoms with Crippen molar-refractivity contribution in [1.82, 2.24) is 0 Å². The molecule has 0 fully saturated rings. The first-order valence-electron chi connectivity index (χ1n) is 3.77. The van der Waals surface area contributed by atoms with Gasteiger partial charge in [-0.25, -0.2) is 0 Å². The Morgan fingerprint density at radius 2 is 1.80 bits per heavy atom. The van der Waals surface area contributed by atoms with E-state index < -0.39 is 0 Å². The summed E-state index contributed by atoms with van der Waals surface area (Å²) in [6, 6.07) is 0. The van der Waals surface area contributed by atoms with Crippen LogP contribution in [0.4, 0.5) is 0 Å². The Labute approximate surface area is 69.3 Å². The van der Waals surface area contributed by atoms with Crippen molar-refractivity contribution in [3.05, 3.63) is 12.2 Å². The number of alkyl halides is 1. The third-order valence-electron chi connectivity index (χ3n) is 1.32. The van der Waals surface area contributed by atoms with Gasteiger partial charge in [0.1, 0.15) is 0 Å². The highest BCUT2D eigenvalue weighted by atomic mass is 35.5. The van der Waals surface area contributed by atoms with E-state index in [4.69, 9.17) is 11.6 Å². The monoisotopic (exact) mass is 160 g/mol. The summed E-state index contributed by atoms with van der Waals surface area (Å²) >= 11 is 5.46. The van der Waals surface area contributed by atoms with E-state index in [-0.39, 0.29) is 0 Å². The van der Waals surface area contributed by atoms with E-state index in [9.17, 15) is 0 Å². The van der Waals surface area contributed by atoms with Crippen LogP contribution in [0.3, 0.4) is 0 Å². The van der Waals surface area contributed by atoms with E-state index >= 15 is 0 Å². The fourth-order valence-corrected chi connectivity index (χ4v) is 0.823. The van der Waals surface area contributed by atoms with Gasteiger partial charge < -0.3 is 0 Å². The highest BCUT2D eigenvalue weighted by Crippen LogP contribution is 2.20. The molecular weight excluding hydrogens is 144 g/mol. The maximum absolute atomic E-state index is 5.46. The van der Waals surface area contributed by atoms with Crippen LogP contribution in [0.2, 0.25) is 0 Å². The lowest BCUT2D eigenvalue weighted by atomic mass is 9.91. The first-order chi connectivity index (χ1) is 4.56. The standard InChI is InChI=1S/C9H17Cl/c1-9(2,3)7-5-4-6-8-10/h4,6H,5,7-8H2,1-3H3/b6-4-. The second kappa shape index (κ2) is 4.79. The molecule has 0 rings (SSSR count). The number of rotatable bonds is 3. The van der Waals surface area contributed by atoms with Crippen molar-refractivity contribution in [3.8, 4) is 0 Å². The fraction of sp³-hybridized carbons (Fsp3) is 0.778. The fourth-order valence-electron chi connectivity index (χ4n) is 0.697. The van der Waals surface area contributed by atoms with Gasteiger partial charge in [-0.3, -0.25) is 0 Å². The van der Waals surface area contributed by atoms with Gasteiger partial charge in [-0.1, -0.05) is 32.9 Å². The molecule has 0 bridgehead atoms. The molecule has 0 unspecified atom stereocenters. The highest BCUT2D eigenvalue weighted by molar-refractivity contribution is 6.18. The molecule has 0 aliphatic heterocycles. The van der Waals surface area contributed by atoms with Gasteiger partial charge in [-0.05, 0) is 18.3 Å². The summed E-state index contributed by atoms with van der Waals surface area (Å²) in [6.45, 7) is 6.75. The van der Waals surface area contributed by atoms with Crippen LogP contribution < -0.4 is 0 Å². The van der Waals surface area contributed by atoms with Crippen molar-refractivity contribution in [2.24, 2.45) is 5.41 Å². The Kier molecular flexibility index (Phi) is 4.80. The quantitative estimate of drug-likeness (QED) is 0.437. The summed E-state index contributed by atoms with van der Waals surface area (Å²) in [4.78, 5) is 0. The van der Waals surface area contributed by atoms with Gasteiger partial charge in [0.05, 0.1) is 0 Å². The number of allylic oxidation sites excluding steroid dienone is 2. The number of halogens is 1. The van der Waals surface area contributed by atoms with Gasteiger partial charge >= 0.3 is 0 Å². The molecule has 0 aromatic heterocycles. The van der Waals surface area contributed by atoms with Crippen LogP contribution in [0.5, 0.6) is 0 Å². The van der Waals surface area contributed by atoms with Crippen LogP contribution in [0, 0.1) is 5.41 Å². The largest absolute Gasteiger partial charge is 0.122 e. The predicted octanol–water partition coefficient (Wildman–Crippen LogP) is 3.61. The molecule has 1 heteroatoms. The molecule has 0 aromatic rings. The van der Waals surface area contributed by atoms with Crippen molar-refractivity contribution in [1.29, 1.82) is 0 Å². The minimum Gasteiger partial charge on any atom is -0.122 e. The van der Waals surface area contributed by atoms with E-state index in [2.05, 4.69) is 26.8 Å². The van der Waals surface area contributed by atoms with Crippen LogP contribution in [-0.2, 0) is 0 Å². The van der Waals surface area contributed by atoms with Gasteiger partial charge in [0.15, 0.2) is 0 Å². The molecular formula is C9H17Cl. The van der Waals surface area contributed by atoms with E-state index in [1.54, 1.807) is 0 Å². The van der Waals surface area contributed by atoms with Gasteiger partial charge in [0, 0.05) is 5.88 Å². The summed E-state index contributed by atoms with van der Waals surface area (Å²) < 4.78 is 0. The second-order valence-corrected chi connectivity index (χ2v) is 4.03. The van der Waals surface area contributed by atoms with Crippen molar-refractivity contribution >= 4 is 11.6 Å². The summed E-state index contributed by atoms with van der Waals surface area (Å²) in [5.74, 6) is 0.643. The van der Waals surface area contributed by atoms with Crippen molar-refractivity contribution < 1.29 is 0 Å². The Hall–Kier alpha value is 0.0300. The van der Waals surface area contributed by atoms with Crippen LogP contribution in [-0.4, -0.2) is 5.88 Å². The zero-order chi connectivity index (χ0) is 8.04. The molecule has 0 atom stereocenters. The third kappa shape index (κ3) is 8.03. The highest BCUT2D eigenvalue weighted by Gasteiger charge is 2.07. The molecule has 0 amide bonds. The summed E-state index contributed by atoms with van der Waals surface area (Å²) in [6.07, 6.45) is 6.54. The zero-order valence-corrected chi connectivity index (χ0v) is 7.91. The van der Waals surface area contributed by atoms with Crippen LogP contribution in [0.25, 0.3) is 0 Å². The Bertz CT molecular complexity index is 97.8. The topological polar surface area (TPSA) is 0 Å². The molecule has 0 N–H and O–H groups in total. The molecule has 0 spiro atoms. The van der Waals surface area contributed by atoms with Gasteiger partial charge in [-0.2, -0.15) is 0 Å². The predicted molar refractivity (Wildman–Crippen MR) is 48.5 cm³/mol.